The van der Waals surface area contributed by atoms with Gasteiger partial charge >= 0.3 is 0 Å². The lowest BCUT2D eigenvalue weighted by Gasteiger charge is -2.23. The van der Waals surface area contributed by atoms with Gasteiger partial charge < -0.3 is 15.6 Å². The summed E-state index contributed by atoms with van der Waals surface area (Å²) in [5.74, 6) is 1.80. The minimum Gasteiger partial charge on any atom is -0.396 e. The number of hydrogen-bond acceptors (Lipinski definition) is 6. The van der Waals surface area contributed by atoms with E-state index < -0.39 is 0 Å². The fourth-order valence-electron chi connectivity index (χ4n) is 2.57. The molecule has 2 heterocycles. The van der Waals surface area contributed by atoms with Gasteiger partial charge in [0, 0.05) is 12.2 Å². The van der Waals surface area contributed by atoms with Gasteiger partial charge in [0.05, 0.1) is 11.3 Å². The first kappa shape index (κ1) is 12.9. The normalized spacial score (nSPS) is 16.2. The third-order valence-electron chi connectivity index (χ3n) is 3.64. The van der Waals surface area contributed by atoms with E-state index in [0.717, 1.165) is 11.4 Å². The Balaban J connectivity index is 1.76. The Morgan fingerprint density at radius 2 is 2.10 bits per heavy atom. The van der Waals surface area contributed by atoms with Crippen LogP contribution >= 0.6 is 0 Å². The van der Waals surface area contributed by atoms with Crippen molar-refractivity contribution in [1.82, 2.24) is 15.1 Å². The molecule has 6 heteroatoms. The number of nitrogens with two attached hydrogens (primary N) is 1. The summed E-state index contributed by atoms with van der Waals surface area (Å²) >= 11 is 0. The van der Waals surface area contributed by atoms with Gasteiger partial charge in [-0.1, -0.05) is 24.4 Å². The molecule has 0 aliphatic heterocycles. The summed E-state index contributed by atoms with van der Waals surface area (Å²) in [5, 5.41) is 7.20. The van der Waals surface area contributed by atoms with Crippen LogP contribution in [0.4, 0.5) is 11.5 Å². The van der Waals surface area contributed by atoms with Gasteiger partial charge in [0.15, 0.2) is 5.82 Å². The van der Waals surface area contributed by atoms with Crippen molar-refractivity contribution < 1.29 is 4.52 Å². The van der Waals surface area contributed by atoms with Gasteiger partial charge in [0.1, 0.15) is 5.82 Å². The number of nitrogen functional groups attached to an aromatic ring is 1. The molecule has 0 unspecified atom stereocenters. The van der Waals surface area contributed by atoms with Crippen LogP contribution in [0.25, 0.3) is 11.5 Å². The smallest absolute Gasteiger partial charge is 0.259 e. The zero-order chi connectivity index (χ0) is 13.9. The van der Waals surface area contributed by atoms with Crippen molar-refractivity contribution >= 4 is 11.5 Å². The zero-order valence-electron chi connectivity index (χ0n) is 11.6. The number of pyridine rings is 1. The van der Waals surface area contributed by atoms with Gasteiger partial charge in [-0.2, -0.15) is 4.98 Å². The van der Waals surface area contributed by atoms with E-state index in [9.17, 15) is 0 Å². The van der Waals surface area contributed by atoms with E-state index >= 15 is 0 Å². The van der Waals surface area contributed by atoms with Crippen molar-refractivity contribution in [1.29, 1.82) is 0 Å². The third kappa shape index (κ3) is 2.74. The number of anilines is 2. The van der Waals surface area contributed by atoms with E-state index in [1.165, 1.54) is 32.1 Å². The molecule has 2 aromatic rings. The predicted molar refractivity (Wildman–Crippen MR) is 77.2 cm³/mol. The molecule has 1 saturated carbocycles. The fraction of sp³-hybridized carbons (Fsp3) is 0.500. The number of rotatable bonds is 3. The molecule has 1 aliphatic carbocycles. The molecular weight excluding hydrogens is 254 g/mol. The van der Waals surface area contributed by atoms with Crippen LogP contribution < -0.4 is 11.1 Å². The van der Waals surface area contributed by atoms with E-state index in [0.29, 0.717) is 23.4 Å². The molecule has 2 aromatic heterocycles. The lowest BCUT2D eigenvalue weighted by atomic mass is 9.95. The number of nitrogens with one attached hydrogen (secondary N) is 1. The molecule has 0 bridgehead atoms. The molecule has 0 radical (unpaired) electrons. The van der Waals surface area contributed by atoms with Crippen LogP contribution in [0.15, 0.2) is 16.8 Å². The van der Waals surface area contributed by atoms with E-state index in [2.05, 4.69) is 20.4 Å². The van der Waals surface area contributed by atoms with Crippen molar-refractivity contribution in [2.45, 2.75) is 45.1 Å². The van der Waals surface area contributed by atoms with Crippen LogP contribution in [-0.2, 0) is 0 Å². The summed E-state index contributed by atoms with van der Waals surface area (Å²) in [6, 6.07) is 2.31. The molecule has 0 saturated heterocycles. The second kappa shape index (κ2) is 5.48. The molecule has 3 rings (SSSR count). The molecule has 0 aromatic carbocycles. The van der Waals surface area contributed by atoms with Crippen LogP contribution in [0.5, 0.6) is 0 Å². The van der Waals surface area contributed by atoms with Crippen molar-refractivity contribution in [3.8, 4) is 11.5 Å². The zero-order valence-corrected chi connectivity index (χ0v) is 11.6. The standard InChI is InChI=1S/C14H19N5O/c1-9-17-14(20-19-9)10-7-12(15)13(16-8-10)18-11-5-3-2-4-6-11/h7-8,11H,2-6,15H2,1H3,(H,16,18). The van der Waals surface area contributed by atoms with Crippen LogP contribution in [-0.4, -0.2) is 21.2 Å². The lowest BCUT2D eigenvalue weighted by Crippen LogP contribution is -2.23. The van der Waals surface area contributed by atoms with Gasteiger partial charge in [-0.3, -0.25) is 0 Å². The first-order valence-electron chi connectivity index (χ1n) is 7.05. The molecule has 3 N–H and O–H groups in total. The predicted octanol–water partition coefficient (Wildman–Crippen LogP) is 2.77. The largest absolute Gasteiger partial charge is 0.396 e. The summed E-state index contributed by atoms with van der Waals surface area (Å²) in [7, 11) is 0. The highest BCUT2D eigenvalue weighted by molar-refractivity contribution is 5.68. The Hall–Kier alpha value is -2.11. The first-order valence-corrected chi connectivity index (χ1v) is 7.05. The van der Waals surface area contributed by atoms with Crippen molar-refractivity contribution in [2.24, 2.45) is 0 Å². The van der Waals surface area contributed by atoms with Gasteiger partial charge in [0.25, 0.3) is 5.89 Å². The average molecular weight is 273 g/mol. The van der Waals surface area contributed by atoms with Crippen molar-refractivity contribution in [3.05, 3.63) is 18.1 Å². The molecular formula is C14H19N5O. The Bertz CT molecular complexity index is 589. The minimum atomic E-state index is 0.450. The van der Waals surface area contributed by atoms with Gasteiger partial charge in [-0.05, 0) is 25.8 Å². The summed E-state index contributed by atoms with van der Waals surface area (Å²) < 4.78 is 5.12. The highest BCUT2D eigenvalue weighted by Gasteiger charge is 2.16. The van der Waals surface area contributed by atoms with E-state index in [4.69, 9.17) is 10.3 Å². The van der Waals surface area contributed by atoms with Crippen LogP contribution in [0.3, 0.4) is 0 Å². The summed E-state index contributed by atoms with van der Waals surface area (Å²) in [6.07, 6.45) is 7.97. The lowest BCUT2D eigenvalue weighted by molar-refractivity contribution is 0.425. The number of aromatic nitrogens is 3. The second-order valence-corrected chi connectivity index (χ2v) is 5.29. The molecule has 106 valence electrons. The molecule has 0 spiro atoms. The van der Waals surface area contributed by atoms with Crippen molar-refractivity contribution in [2.75, 3.05) is 11.1 Å². The van der Waals surface area contributed by atoms with Crippen LogP contribution in [0, 0.1) is 6.92 Å². The molecule has 0 atom stereocenters. The topological polar surface area (TPSA) is 89.9 Å². The maximum absolute atomic E-state index is 6.07. The van der Waals surface area contributed by atoms with Crippen LogP contribution in [0.2, 0.25) is 0 Å². The number of nitrogens with zero attached hydrogens (tertiary/aromatic N) is 3. The molecule has 20 heavy (non-hydrogen) atoms. The quantitative estimate of drug-likeness (QED) is 0.893. The fourth-order valence-corrected chi connectivity index (χ4v) is 2.57. The third-order valence-corrected chi connectivity index (χ3v) is 3.64. The van der Waals surface area contributed by atoms with Crippen molar-refractivity contribution in [3.63, 3.8) is 0 Å². The first-order chi connectivity index (χ1) is 9.72. The van der Waals surface area contributed by atoms with E-state index in [1.54, 1.807) is 13.1 Å². The number of hydrogen-bond donors (Lipinski definition) is 2. The summed E-state index contributed by atoms with van der Waals surface area (Å²) in [4.78, 5) is 8.57. The Labute approximate surface area is 117 Å². The summed E-state index contributed by atoms with van der Waals surface area (Å²) in [5.41, 5.74) is 7.43. The Morgan fingerprint density at radius 3 is 2.75 bits per heavy atom. The molecule has 1 fully saturated rings. The maximum atomic E-state index is 6.07. The molecule has 6 nitrogen and oxygen atoms in total. The monoisotopic (exact) mass is 273 g/mol. The highest BCUT2D eigenvalue weighted by Crippen LogP contribution is 2.26. The minimum absolute atomic E-state index is 0.450. The molecule has 1 aliphatic rings. The molecule has 0 amide bonds. The summed E-state index contributed by atoms with van der Waals surface area (Å²) in [6.45, 7) is 1.78. The maximum Gasteiger partial charge on any atom is 0.259 e. The van der Waals surface area contributed by atoms with E-state index in [-0.39, 0.29) is 0 Å². The SMILES string of the molecule is Cc1noc(-c2cnc(NC3CCCCC3)c(N)c2)n1. The second-order valence-electron chi connectivity index (χ2n) is 5.29. The van der Waals surface area contributed by atoms with Gasteiger partial charge in [-0.25, -0.2) is 4.98 Å². The van der Waals surface area contributed by atoms with Gasteiger partial charge in [0.2, 0.25) is 0 Å². The van der Waals surface area contributed by atoms with Crippen LogP contribution in [0.1, 0.15) is 37.9 Å². The van der Waals surface area contributed by atoms with Gasteiger partial charge in [-0.15, -0.1) is 0 Å². The Morgan fingerprint density at radius 1 is 1.30 bits per heavy atom. The average Bonchev–Trinajstić information content (AvgIpc) is 2.89. The number of aryl methyl sites for hydroxylation is 1. The van der Waals surface area contributed by atoms with E-state index in [1.807, 2.05) is 6.07 Å². The highest BCUT2D eigenvalue weighted by atomic mass is 16.5. The Kier molecular flexibility index (Phi) is 3.54.